The first-order valence-electron chi connectivity index (χ1n) is 11.3. The van der Waals surface area contributed by atoms with Crippen molar-refractivity contribution in [2.45, 2.75) is 49.3 Å². The summed E-state index contributed by atoms with van der Waals surface area (Å²) in [6.07, 6.45) is 2.58. The van der Waals surface area contributed by atoms with E-state index < -0.39 is 17.1 Å². The number of hydrogen-bond acceptors (Lipinski definition) is 5. The fraction of sp³-hybridized carbons (Fsp3) is 0.370. The molecule has 5 nitrogen and oxygen atoms in total. The molecule has 6 rings (SSSR count). The van der Waals surface area contributed by atoms with Gasteiger partial charge in [-0.2, -0.15) is 0 Å². The summed E-state index contributed by atoms with van der Waals surface area (Å²) < 4.78 is 6.23. The highest BCUT2D eigenvalue weighted by atomic mass is 16.5. The minimum Gasteiger partial charge on any atom is -0.504 e. The van der Waals surface area contributed by atoms with Crippen molar-refractivity contribution in [3.8, 4) is 11.5 Å². The Hall–Kier alpha value is -2.89. The van der Waals surface area contributed by atoms with Gasteiger partial charge in [0.1, 0.15) is 0 Å². The number of benzene rings is 2. The number of ketones is 1. The first kappa shape index (κ1) is 19.8. The number of Topliss-reactive ketones (excluding diaryl/α,β-unsaturated/α-hetero) is 1. The lowest BCUT2D eigenvalue weighted by atomic mass is 9.48. The van der Waals surface area contributed by atoms with Crippen molar-refractivity contribution in [3.63, 3.8) is 0 Å². The van der Waals surface area contributed by atoms with Gasteiger partial charge in [-0.05, 0) is 43.0 Å². The van der Waals surface area contributed by atoms with Crippen LogP contribution >= 0.6 is 0 Å². The van der Waals surface area contributed by atoms with Gasteiger partial charge in [-0.25, -0.2) is 0 Å². The maximum atomic E-state index is 13.8. The number of likely N-dealkylation sites (tertiary alicyclic amines) is 1. The maximum absolute atomic E-state index is 13.8. The zero-order valence-electron chi connectivity index (χ0n) is 18.2. The number of hydrogen-bond donors (Lipinski definition) is 2. The summed E-state index contributed by atoms with van der Waals surface area (Å²) in [5.74, 6) is 0.334. The zero-order chi connectivity index (χ0) is 22.3. The minimum atomic E-state index is -1.17. The van der Waals surface area contributed by atoms with Crippen molar-refractivity contribution in [3.05, 3.63) is 76.9 Å². The Morgan fingerprint density at radius 1 is 1.28 bits per heavy atom. The first-order chi connectivity index (χ1) is 15.3. The largest absolute Gasteiger partial charge is 0.504 e. The van der Waals surface area contributed by atoms with Gasteiger partial charge < -0.3 is 14.9 Å². The highest BCUT2D eigenvalue weighted by Crippen LogP contribution is 2.65. The van der Waals surface area contributed by atoms with Crippen LogP contribution in [0, 0.1) is 0 Å². The first-order valence-corrected chi connectivity index (χ1v) is 11.3. The van der Waals surface area contributed by atoms with Crippen LogP contribution < -0.4 is 4.74 Å². The molecule has 2 fully saturated rings. The van der Waals surface area contributed by atoms with Gasteiger partial charge in [-0.3, -0.25) is 9.69 Å². The molecule has 164 valence electrons. The predicted molar refractivity (Wildman–Crippen MR) is 122 cm³/mol. The number of aromatic hydroxyl groups is 1. The van der Waals surface area contributed by atoms with E-state index in [1.165, 1.54) is 0 Å². The summed E-state index contributed by atoms with van der Waals surface area (Å²) in [5.41, 5.74) is 2.45. The lowest BCUT2D eigenvalue weighted by molar-refractivity contribution is -0.178. The molecule has 1 saturated carbocycles. The molecular formula is C27H27NO4. The van der Waals surface area contributed by atoms with E-state index in [9.17, 15) is 15.0 Å². The highest BCUT2D eigenvalue weighted by Gasteiger charge is 2.74. The van der Waals surface area contributed by atoms with Gasteiger partial charge in [0.05, 0.1) is 11.0 Å². The van der Waals surface area contributed by atoms with E-state index >= 15 is 0 Å². The Labute approximate surface area is 187 Å². The molecule has 2 aliphatic heterocycles. The van der Waals surface area contributed by atoms with Gasteiger partial charge in [0.25, 0.3) is 0 Å². The third kappa shape index (κ3) is 2.38. The SMILES string of the molecule is C=C(C)CN1CCC23c4c5ccc(O)c4O[C@H]2C(=O)/C(=C\c2ccccc2)C[C@@]3(O)C1C5. The monoisotopic (exact) mass is 429 g/mol. The fourth-order valence-corrected chi connectivity index (χ4v) is 6.75. The smallest absolute Gasteiger partial charge is 0.200 e. The second-order valence-corrected chi connectivity index (χ2v) is 9.86. The topological polar surface area (TPSA) is 70.0 Å². The summed E-state index contributed by atoms with van der Waals surface area (Å²) in [6.45, 7) is 7.56. The summed E-state index contributed by atoms with van der Waals surface area (Å²) in [5, 5.41) is 23.1. The van der Waals surface area contributed by atoms with Crippen molar-refractivity contribution < 1.29 is 19.7 Å². The van der Waals surface area contributed by atoms with Gasteiger partial charge in [0, 0.05) is 36.7 Å². The van der Waals surface area contributed by atoms with Crippen LogP contribution in [0.4, 0.5) is 0 Å². The number of piperidine rings is 1. The van der Waals surface area contributed by atoms with Crippen LogP contribution in [0.1, 0.15) is 36.5 Å². The summed E-state index contributed by atoms with van der Waals surface area (Å²) >= 11 is 0. The van der Waals surface area contributed by atoms with Gasteiger partial charge in [0.15, 0.2) is 23.4 Å². The van der Waals surface area contributed by atoms with E-state index in [1.807, 2.05) is 49.4 Å². The lowest BCUT2D eigenvalue weighted by Gasteiger charge is -2.62. The van der Waals surface area contributed by atoms with Gasteiger partial charge >= 0.3 is 0 Å². The van der Waals surface area contributed by atoms with Gasteiger partial charge in [-0.15, -0.1) is 0 Å². The second kappa shape index (κ2) is 6.56. The number of ether oxygens (including phenoxy) is 1. The molecule has 0 aromatic heterocycles. The minimum absolute atomic E-state index is 0.0408. The zero-order valence-corrected chi connectivity index (χ0v) is 18.2. The molecule has 2 bridgehead atoms. The summed E-state index contributed by atoms with van der Waals surface area (Å²) in [7, 11) is 0. The van der Waals surface area contributed by atoms with E-state index in [-0.39, 0.29) is 24.0 Å². The number of rotatable bonds is 3. The van der Waals surface area contributed by atoms with Crippen LogP contribution in [0.5, 0.6) is 11.5 Å². The van der Waals surface area contributed by atoms with Crippen molar-refractivity contribution >= 4 is 11.9 Å². The normalized spacial score (nSPS) is 33.7. The molecule has 1 spiro atoms. The molecule has 2 N–H and O–H groups in total. The molecule has 2 heterocycles. The van der Waals surface area contributed by atoms with Crippen molar-refractivity contribution in [2.75, 3.05) is 13.1 Å². The van der Waals surface area contributed by atoms with Crippen molar-refractivity contribution in [1.82, 2.24) is 4.90 Å². The van der Waals surface area contributed by atoms with Crippen LogP contribution in [0.25, 0.3) is 6.08 Å². The van der Waals surface area contributed by atoms with Gasteiger partial charge in [-0.1, -0.05) is 48.6 Å². The Bertz CT molecular complexity index is 1190. The molecule has 2 unspecified atom stereocenters. The molecule has 32 heavy (non-hydrogen) atoms. The van der Waals surface area contributed by atoms with E-state index in [2.05, 4.69) is 11.5 Å². The number of carbonyl (C=O) groups excluding carboxylic acids is 1. The quantitative estimate of drug-likeness (QED) is 0.578. The Morgan fingerprint density at radius 3 is 2.81 bits per heavy atom. The number of carbonyl (C=O) groups is 1. The van der Waals surface area contributed by atoms with Crippen LogP contribution in [-0.4, -0.2) is 51.7 Å². The molecule has 4 atom stereocenters. The van der Waals surface area contributed by atoms with E-state index in [1.54, 1.807) is 6.07 Å². The summed E-state index contributed by atoms with van der Waals surface area (Å²) in [4.78, 5) is 16.1. The standard InChI is InChI=1S/C27H27NO4/c1-16(2)15-28-11-10-26-22-18-8-9-20(29)24(22)32-25(26)23(30)19(12-17-6-4-3-5-7-17)14-27(26,31)21(28)13-18/h3-9,12,21,25,29,31H,1,10-11,13-15H2,2H3/b19-12-/t21?,25-,26?,27+/m0/s1. The van der Waals surface area contributed by atoms with E-state index in [0.29, 0.717) is 30.7 Å². The van der Waals surface area contributed by atoms with Crippen LogP contribution in [0.15, 0.2) is 60.2 Å². The number of phenolic OH excluding ortho intramolecular Hbond substituents is 1. The molecule has 1 saturated heterocycles. The van der Waals surface area contributed by atoms with Gasteiger partial charge in [0.2, 0.25) is 0 Å². The van der Waals surface area contributed by atoms with Crippen molar-refractivity contribution in [1.29, 1.82) is 0 Å². The van der Waals surface area contributed by atoms with Crippen molar-refractivity contribution in [2.24, 2.45) is 0 Å². The average Bonchev–Trinajstić information content (AvgIpc) is 3.11. The molecule has 5 heteroatoms. The van der Waals surface area contributed by atoms with Crippen LogP contribution in [0.3, 0.4) is 0 Å². The molecule has 2 aromatic carbocycles. The third-order valence-corrected chi connectivity index (χ3v) is 7.95. The fourth-order valence-electron chi connectivity index (χ4n) is 6.75. The Kier molecular flexibility index (Phi) is 4.05. The molecule has 2 aliphatic carbocycles. The number of phenols is 1. The Morgan fingerprint density at radius 2 is 2.06 bits per heavy atom. The number of aliphatic hydroxyl groups is 1. The second-order valence-electron chi connectivity index (χ2n) is 9.86. The molecular weight excluding hydrogens is 402 g/mol. The Balaban J connectivity index is 1.56. The third-order valence-electron chi connectivity index (χ3n) is 7.95. The maximum Gasteiger partial charge on any atom is 0.200 e. The van der Waals surface area contributed by atoms with Crippen LogP contribution in [-0.2, 0) is 16.6 Å². The molecule has 4 aliphatic rings. The number of nitrogens with zero attached hydrogens (tertiary/aromatic N) is 1. The lowest BCUT2D eigenvalue weighted by Crippen LogP contribution is -2.77. The predicted octanol–water partition coefficient (Wildman–Crippen LogP) is 3.39. The summed E-state index contributed by atoms with van der Waals surface area (Å²) in [6, 6.07) is 13.1. The molecule has 2 aromatic rings. The van der Waals surface area contributed by atoms with E-state index in [0.717, 1.165) is 28.8 Å². The van der Waals surface area contributed by atoms with Crippen LogP contribution in [0.2, 0.25) is 0 Å². The average molecular weight is 430 g/mol. The molecule has 0 radical (unpaired) electrons. The highest BCUT2D eigenvalue weighted by molar-refractivity contribution is 6.06. The van der Waals surface area contributed by atoms with E-state index in [4.69, 9.17) is 4.74 Å². The molecule has 0 amide bonds.